The second-order valence-electron chi connectivity index (χ2n) is 4.81. The first-order chi connectivity index (χ1) is 12.0. The average molecular weight is 404 g/mol. The molecule has 11 heteroatoms. The molecule has 0 aliphatic heterocycles. The Morgan fingerprint density at radius 1 is 1.32 bits per heavy atom. The molecule has 2 rings (SSSR count). The molecule has 0 radical (unpaired) electrons. The van der Waals surface area contributed by atoms with Crippen LogP contribution in [-0.2, 0) is 4.79 Å². The molecule has 1 amide bonds. The topological polar surface area (TPSA) is 161 Å². The van der Waals surface area contributed by atoms with Crippen LogP contribution in [0.3, 0.4) is 0 Å². The molecule has 0 aromatic heterocycles. The number of nitrogens with zero attached hydrogens (tertiary/aromatic N) is 5. The summed E-state index contributed by atoms with van der Waals surface area (Å²) in [6.07, 6.45) is 6.50. The molecule has 10 nitrogen and oxygen atoms in total. The summed E-state index contributed by atoms with van der Waals surface area (Å²) in [6, 6.07) is 3.97. The fraction of sp³-hybridized carbons (Fsp3) is 0.0714. The minimum atomic E-state index is -1.64. The van der Waals surface area contributed by atoms with Crippen LogP contribution < -0.4 is 9.41 Å². The molecule has 25 heavy (non-hydrogen) atoms. The summed E-state index contributed by atoms with van der Waals surface area (Å²) in [5.41, 5.74) is 8.90. The molecule has 0 heterocycles. The van der Waals surface area contributed by atoms with Crippen molar-refractivity contribution < 1.29 is 19.1 Å². The molecular weight excluding hydrogens is 391 g/mol. The van der Waals surface area contributed by atoms with E-state index >= 15 is 0 Å². The SMILES string of the molecule is [N-]=[N+]=Nc1ccc([NH2+]CC(=O)N=C2C=CC(=[AsH2][O-])C=C2)c([N+](=O)[O-])c1. The van der Waals surface area contributed by atoms with Crippen LogP contribution in [0.15, 0.2) is 52.6 Å². The van der Waals surface area contributed by atoms with Crippen molar-refractivity contribution in [3.63, 3.8) is 0 Å². The van der Waals surface area contributed by atoms with E-state index in [4.69, 9.17) is 5.53 Å². The van der Waals surface area contributed by atoms with E-state index in [2.05, 4.69) is 15.0 Å². The Bertz CT molecular complexity index is 865. The van der Waals surface area contributed by atoms with Gasteiger partial charge in [0.1, 0.15) is 0 Å². The summed E-state index contributed by atoms with van der Waals surface area (Å²) in [5, 5.41) is 15.8. The first kappa shape index (κ1) is 18.4. The molecule has 0 spiro atoms. The maximum absolute atomic E-state index is 11.9. The number of allylic oxidation sites excluding steroid dienone is 4. The fourth-order valence-corrected chi connectivity index (χ4v) is 2.72. The zero-order chi connectivity index (χ0) is 18.2. The molecule has 1 aromatic rings. The Kier molecular flexibility index (Phi) is 6.50. The van der Waals surface area contributed by atoms with Crippen LogP contribution >= 0.6 is 0 Å². The average Bonchev–Trinajstić information content (AvgIpc) is 2.61. The number of amides is 1. The second-order valence-corrected chi connectivity index (χ2v) is 6.71. The molecule has 0 saturated carbocycles. The molecular formula is C14H13AsN6O4. The van der Waals surface area contributed by atoms with Gasteiger partial charge in [-0.3, -0.25) is 0 Å². The van der Waals surface area contributed by atoms with Crippen LogP contribution in [0.1, 0.15) is 0 Å². The summed E-state index contributed by atoms with van der Waals surface area (Å²) in [5.74, 6) is -0.470. The van der Waals surface area contributed by atoms with Gasteiger partial charge in [-0.25, -0.2) is 0 Å². The van der Waals surface area contributed by atoms with Crippen molar-refractivity contribution in [1.82, 2.24) is 0 Å². The molecule has 0 saturated heterocycles. The third-order valence-corrected chi connectivity index (χ3v) is 4.53. The van der Waals surface area contributed by atoms with Crippen LogP contribution in [0.25, 0.3) is 10.4 Å². The third kappa shape index (κ3) is 5.30. The van der Waals surface area contributed by atoms with Gasteiger partial charge in [-0.15, -0.1) is 0 Å². The van der Waals surface area contributed by atoms with Gasteiger partial charge in [0.15, 0.2) is 0 Å². The predicted molar refractivity (Wildman–Crippen MR) is 92.6 cm³/mol. The van der Waals surface area contributed by atoms with E-state index in [1.807, 2.05) is 0 Å². The van der Waals surface area contributed by atoms with E-state index in [0.29, 0.717) is 5.71 Å². The van der Waals surface area contributed by atoms with Crippen molar-refractivity contribution in [3.8, 4) is 0 Å². The van der Waals surface area contributed by atoms with Gasteiger partial charge in [-0.2, -0.15) is 0 Å². The molecule has 0 bridgehead atoms. The number of benzene rings is 1. The number of azide groups is 1. The van der Waals surface area contributed by atoms with Gasteiger partial charge in [0.25, 0.3) is 0 Å². The van der Waals surface area contributed by atoms with Crippen molar-refractivity contribution in [2.75, 3.05) is 6.54 Å². The van der Waals surface area contributed by atoms with Crippen LogP contribution in [0.2, 0.25) is 0 Å². The number of aliphatic imine (C=N–C) groups is 1. The van der Waals surface area contributed by atoms with E-state index in [9.17, 15) is 19.0 Å². The van der Waals surface area contributed by atoms with E-state index in [1.165, 1.54) is 17.4 Å². The van der Waals surface area contributed by atoms with Crippen LogP contribution in [0.4, 0.5) is 17.1 Å². The number of nitro benzene ring substituents is 1. The number of hydrogen-bond acceptors (Lipinski definition) is 5. The van der Waals surface area contributed by atoms with Gasteiger partial charge < -0.3 is 0 Å². The van der Waals surface area contributed by atoms with Crippen LogP contribution in [0, 0.1) is 10.1 Å². The number of nitrogens with two attached hydrogens (primary N) is 1. The van der Waals surface area contributed by atoms with E-state index in [0.717, 1.165) is 10.4 Å². The van der Waals surface area contributed by atoms with Gasteiger partial charge in [0.2, 0.25) is 0 Å². The van der Waals surface area contributed by atoms with Crippen LogP contribution in [0.5, 0.6) is 0 Å². The Labute approximate surface area is 147 Å². The number of carbonyl (C=O) groups is 1. The molecule has 1 aromatic carbocycles. The minimum absolute atomic E-state index is 0.116. The molecule has 1 aliphatic rings. The fourth-order valence-electron chi connectivity index (χ4n) is 1.99. The second kappa shape index (κ2) is 8.81. The van der Waals surface area contributed by atoms with Gasteiger partial charge in [-0.1, -0.05) is 5.11 Å². The Balaban J connectivity index is 2.08. The third-order valence-electron chi connectivity index (χ3n) is 3.15. The van der Waals surface area contributed by atoms with E-state index in [1.54, 1.807) is 24.3 Å². The number of quaternary nitrogens is 1. The molecule has 0 fully saturated rings. The van der Waals surface area contributed by atoms with Gasteiger partial charge in [0, 0.05) is 4.91 Å². The molecule has 128 valence electrons. The summed E-state index contributed by atoms with van der Waals surface area (Å²) in [4.78, 5) is 28.8. The number of carbonyl (C=O) groups excluding carboxylic acids is 1. The van der Waals surface area contributed by atoms with Crippen molar-refractivity contribution in [2.45, 2.75) is 0 Å². The molecule has 1 aliphatic carbocycles. The monoisotopic (exact) mass is 404 g/mol. The Morgan fingerprint density at radius 2 is 2.04 bits per heavy atom. The number of hydrogen-bond donors (Lipinski definition) is 1. The Hall–Kier alpha value is -2.90. The zero-order valence-corrected chi connectivity index (χ0v) is 15.2. The molecule has 2 N–H and O–H groups in total. The van der Waals surface area contributed by atoms with Crippen molar-refractivity contribution in [1.29, 1.82) is 0 Å². The number of rotatable bonds is 5. The normalized spacial score (nSPS) is 13.2. The standard InChI is InChI=1S/C14H13AsN6O4/c16-20-19-11-5-6-12(13(7-11)21(24)25)17-8-14(22)18-10-3-1-9(15-23)2-4-10/h1-7,17H,8,15H2,(H,18,22,23). The predicted octanol–water partition coefficient (Wildman–Crippen LogP) is -0.558. The van der Waals surface area contributed by atoms with Crippen molar-refractivity contribution >= 4 is 48.6 Å². The first-order valence-electron chi connectivity index (χ1n) is 7.00. The molecule has 1 unspecified atom stereocenters. The first-order valence-corrected chi connectivity index (χ1v) is 9.20. The van der Waals surface area contributed by atoms with Crippen molar-refractivity contribution in [3.05, 3.63) is 63.1 Å². The quantitative estimate of drug-likeness (QED) is 0.133. The van der Waals surface area contributed by atoms with Gasteiger partial charge in [0.05, 0.1) is 0 Å². The maximum atomic E-state index is 11.9. The summed E-state index contributed by atoms with van der Waals surface area (Å²) < 4.78 is 11.6. The van der Waals surface area contributed by atoms with E-state index < -0.39 is 26.5 Å². The van der Waals surface area contributed by atoms with E-state index in [-0.39, 0.29) is 23.6 Å². The Morgan fingerprint density at radius 3 is 2.64 bits per heavy atom. The van der Waals surface area contributed by atoms with Gasteiger partial charge in [-0.05, 0) is 5.53 Å². The van der Waals surface area contributed by atoms with Crippen LogP contribution in [-0.4, -0.2) is 43.0 Å². The summed E-state index contributed by atoms with van der Waals surface area (Å²) >= 11 is -1.64. The summed E-state index contributed by atoms with van der Waals surface area (Å²) in [7, 11) is 0. The van der Waals surface area contributed by atoms with Gasteiger partial charge >= 0.3 is 132 Å². The molecule has 1 atom stereocenters. The zero-order valence-electron chi connectivity index (χ0n) is 12.8. The number of nitro groups is 1. The van der Waals surface area contributed by atoms with Crippen molar-refractivity contribution in [2.24, 2.45) is 10.1 Å². The summed E-state index contributed by atoms with van der Waals surface area (Å²) in [6.45, 7) is -0.124.